The van der Waals surface area contributed by atoms with E-state index in [2.05, 4.69) is 0 Å². The molecule has 0 aliphatic carbocycles. The molecule has 0 radical (unpaired) electrons. The minimum absolute atomic E-state index is 0.452. The van der Waals surface area contributed by atoms with Crippen LogP contribution in [0.3, 0.4) is 0 Å². The molecular formula is C30H30O6S3. The van der Waals surface area contributed by atoms with Gasteiger partial charge in [0.25, 0.3) is 0 Å². The summed E-state index contributed by atoms with van der Waals surface area (Å²) in [5.41, 5.74) is -0.896. The van der Waals surface area contributed by atoms with Crippen molar-refractivity contribution in [3.63, 3.8) is 0 Å². The Morgan fingerprint density at radius 1 is 0.615 bits per heavy atom. The van der Waals surface area contributed by atoms with Crippen molar-refractivity contribution in [3.8, 4) is 0 Å². The summed E-state index contributed by atoms with van der Waals surface area (Å²) in [6, 6.07) is 26.3. The smallest absolute Gasteiger partial charge is 0.436 e. The van der Waals surface area contributed by atoms with Crippen molar-refractivity contribution in [1.82, 2.24) is 0 Å². The predicted molar refractivity (Wildman–Crippen MR) is 155 cm³/mol. The summed E-state index contributed by atoms with van der Waals surface area (Å²) in [4.78, 5) is 27.9. The van der Waals surface area contributed by atoms with Crippen molar-refractivity contribution >= 4 is 43.1 Å². The highest BCUT2D eigenvalue weighted by Gasteiger charge is 2.46. The number of hydrogen-bond donors (Lipinski definition) is 0. The van der Waals surface area contributed by atoms with E-state index in [4.69, 9.17) is 9.47 Å². The number of carbonyl (C=O) groups is 2. The molecule has 2 aromatic heterocycles. The van der Waals surface area contributed by atoms with Crippen LogP contribution in [0.5, 0.6) is 0 Å². The van der Waals surface area contributed by atoms with Gasteiger partial charge in [0.05, 0.1) is 11.8 Å². The molecule has 2 aromatic carbocycles. The molecule has 0 spiro atoms. The fourth-order valence-corrected chi connectivity index (χ4v) is 7.58. The van der Waals surface area contributed by atoms with Crippen LogP contribution in [0.15, 0.2) is 95.7 Å². The lowest BCUT2D eigenvalue weighted by Crippen LogP contribution is -2.42. The molecule has 204 valence electrons. The summed E-state index contributed by atoms with van der Waals surface area (Å²) in [6.45, 7) is 6.54. The zero-order valence-electron chi connectivity index (χ0n) is 22.1. The second-order valence-corrected chi connectivity index (χ2v) is 13.8. The number of thiophene rings is 2. The molecule has 0 saturated heterocycles. The van der Waals surface area contributed by atoms with Gasteiger partial charge in [-0.3, -0.25) is 0 Å². The molecule has 6 nitrogen and oxygen atoms in total. The predicted octanol–water partition coefficient (Wildman–Crippen LogP) is 8.02. The monoisotopic (exact) mass is 582 g/mol. The minimum atomic E-state index is -5.09. The molecule has 9 heteroatoms. The number of carbonyl (C=O) groups excluding carboxylic acids is 2. The second kappa shape index (κ2) is 11.5. The maximum Gasteiger partial charge on any atom is 0.436 e. The highest BCUT2D eigenvalue weighted by Crippen LogP contribution is 2.41. The maximum absolute atomic E-state index is 13.1. The molecule has 0 fully saturated rings. The quantitative estimate of drug-likeness (QED) is 0.196. The van der Waals surface area contributed by atoms with Crippen molar-refractivity contribution in [1.29, 1.82) is 0 Å². The van der Waals surface area contributed by atoms with Crippen molar-refractivity contribution in [2.75, 3.05) is 0 Å². The fourth-order valence-electron chi connectivity index (χ4n) is 4.74. The Balaban J connectivity index is 1.58. The molecule has 4 aromatic rings. The van der Waals surface area contributed by atoms with Gasteiger partial charge in [-0.1, -0.05) is 72.8 Å². The van der Waals surface area contributed by atoms with Gasteiger partial charge in [-0.2, -0.15) is 0 Å². The number of rotatable bonds is 8. The lowest BCUT2D eigenvalue weighted by molar-refractivity contribution is 0.0392. The van der Waals surface area contributed by atoms with Gasteiger partial charge >= 0.3 is 20.4 Å². The molecule has 39 heavy (non-hydrogen) atoms. The first-order chi connectivity index (χ1) is 18.4. The lowest BCUT2D eigenvalue weighted by atomic mass is 9.83. The van der Waals surface area contributed by atoms with Crippen molar-refractivity contribution in [2.24, 2.45) is 0 Å². The Labute approximate surface area is 237 Å². The topological polar surface area (TPSA) is 86.7 Å². The van der Waals surface area contributed by atoms with Gasteiger partial charge in [0, 0.05) is 9.75 Å². The van der Waals surface area contributed by atoms with Gasteiger partial charge in [-0.15, -0.1) is 22.7 Å². The first kappa shape index (κ1) is 28.7. The average molecular weight is 583 g/mol. The summed E-state index contributed by atoms with van der Waals surface area (Å²) in [5, 5.41) is 0.517. The van der Waals surface area contributed by atoms with Gasteiger partial charge < -0.3 is 9.47 Å². The van der Waals surface area contributed by atoms with Gasteiger partial charge in [-0.25, -0.2) is 18.0 Å². The highest BCUT2D eigenvalue weighted by molar-refractivity contribution is 8.18. The van der Waals surface area contributed by atoms with Crippen LogP contribution in [-0.2, 0) is 19.3 Å². The zero-order valence-corrected chi connectivity index (χ0v) is 24.5. The van der Waals surface area contributed by atoms with Crippen molar-refractivity contribution < 1.29 is 27.5 Å². The molecule has 4 rings (SSSR count). The van der Waals surface area contributed by atoms with Crippen LogP contribution in [0.2, 0.25) is 0 Å². The molecule has 0 aliphatic rings. The van der Waals surface area contributed by atoms with Crippen LogP contribution in [-0.4, -0.2) is 30.2 Å². The first-order valence-corrected chi connectivity index (χ1v) is 15.6. The molecule has 0 bridgehead atoms. The molecule has 0 aliphatic heterocycles. The summed E-state index contributed by atoms with van der Waals surface area (Å²) in [5.74, 6) is -0.904. The Morgan fingerprint density at radius 2 is 0.974 bits per heavy atom. The largest absolute Gasteiger partial charge is 0.447 e. The first-order valence-electron chi connectivity index (χ1n) is 12.3. The number of ether oxygens (including phenoxy) is 2. The molecule has 0 saturated carbocycles. The van der Waals surface area contributed by atoms with E-state index in [0.29, 0.717) is 0 Å². The van der Waals surface area contributed by atoms with E-state index in [1.165, 1.54) is 22.7 Å². The molecule has 2 atom stereocenters. The number of hydrogen-bond acceptors (Lipinski definition) is 8. The number of sulfone groups is 1. The SMILES string of the molecule is CC(C)(OC(=O)S(=O)(=O)C(=O)OC(C)(C)C(c1ccccc1)c1cccs1)C(c1ccccc1)c1cccs1. The standard InChI is InChI=1S/C30H30O6S3/c1-29(2,25(23-17-11-19-37-23)21-13-7-5-8-14-21)35-27(31)39(33,34)28(32)36-30(3,4)26(24-18-12-20-38-24)22-15-9-6-10-16-22/h5-20,25-26H,1-4H3. The molecular weight excluding hydrogens is 553 g/mol. The van der Waals surface area contributed by atoms with Crippen LogP contribution in [0.25, 0.3) is 0 Å². The molecule has 0 N–H and O–H groups in total. The Bertz CT molecular complexity index is 1380. The van der Waals surface area contributed by atoms with Gasteiger partial charge in [0.1, 0.15) is 11.2 Å². The Hall–Kier alpha value is -3.27. The van der Waals surface area contributed by atoms with Crippen LogP contribution >= 0.6 is 22.7 Å². The van der Waals surface area contributed by atoms with E-state index in [-0.39, 0.29) is 0 Å². The van der Waals surface area contributed by atoms with Gasteiger partial charge in [0.2, 0.25) is 0 Å². The van der Waals surface area contributed by atoms with Crippen LogP contribution < -0.4 is 0 Å². The van der Waals surface area contributed by atoms with E-state index >= 15 is 0 Å². The maximum atomic E-state index is 13.1. The van der Waals surface area contributed by atoms with E-state index in [1.807, 2.05) is 95.7 Å². The summed E-state index contributed by atoms with van der Waals surface area (Å²) >= 11 is 2.94. The van der Waals surface area contributed by atoms with Crippen LogP contribution in [0, 0.1) is 0 Å². The van der Waals surface area contributed by atoms with Crippen molar-refractivity contribution in [3.05, 3.63) is 117 Å². The molecule has 0 amide bonds. The van der Waals surface area contributed by atoms with E-state index in [1.54, 1.807) is 27.7 Å². The highest BCUT2D eigenvalue weighted by atomic mass is 32.2. The summed E-state index contributed by atoms with van der Waals surface area (Å²) < 4.78 is 37.4. The molecule has 2 heterocycles. The Kier molecular flexibility index (Phi) is 8.44. The normalized spacial score (nSPS) is 13.8. The summed E-state index contributed by atoms with van der Waals surface area (Å²) in [6.07, 6.45) is 0. The second-order valence-electron chi connectivity index (χ2n) is 10.1. The van der Waals surface area contributed by atoms with E-state index in [9.17, 15) is 18.0 Å². The van der Waals surface area contributed by atoms with Crippen molar-refractivity contribution in [2.45, 2.75) is 50.7 Å². The summed E-state index contributed by atoms with van der Waals surface area (Å²) in [7, 11) is -5.09. The van der Waals surface area contributed by atoms with E-state index in [0.717, 1.165) is 20.9 Å². The van der Waals surface area contributed by atoms with E-state index < -0.39 is 43.5 Å². The van der Waals surface area contributed by atoms with Crippen LogP contribution in [0.4, 0.5) is 9.59 Å². The Morgan fingerprint density at radius 3 is 1.28 bits per heavy atom. The fraction of sp³-hybridized carbons (Fsp3) is 0.267. The average Bonchev–Trinajstić information content (AvgIpc) is 3.60. The van der Waals surface area contributed by atoms with Gasteiger partial charge in [0.15, 0.2) is 0 Å². The van der Waals surface area contributed by atoms with Crippen LogP contribution in [0.1, 0.15) is 60.4 Å². The third-order valence-corrected chi connectivity index (χ3v) is 9.36. The molecule has 2 unspecified atom stereocenters. The third-order valence-electron chi connectivity index (χ3n) is 6.44. The van der Waals surface area contributed by atoms with Gasteiger partial charge in [-0.05, 0) is 61.7 Å². The number of benzene rings is 2. The zero-order chi connectivity index (χ0) is 28.3. The lowest BCUT2D eigenvalue weighted by Gasteiger charge is -2.35. The third kappa shape index (κ3) is 6.32. The minimum Gasteiger partial charge on any atom is -0.447 e.